The van der Waals surface area contributed by atoms with E-state index in [4.69, 9.17) is 0 Å². The van der Waals surface area contributed by atoms with E-state index in [0.29, 0.717) is 0 Å². The summed E-state index contributed by atoms with van der Waals surface area (Å²) in [7, 11) is 0. The van der Waals surface area contributed by atoms with E-state index >= 15 is 0 Å². The molecule has 0 fully saturated rings. The van der Waals surface area contributed by atoms with Crippen LogP contribution in [-0.4, -0.2) is 12.3 Å². The summed E-state index contributed by atoms with van der Waals surface area (Å²) in [6.45, 7) is 6.11. The second kappa shape index (κ2) is 8.27. The van der Waals surface area contributed by atoms with Crippen molar-refractivity contribution in [1.82, 2.24) is 5.32 Å². The van der Waals surface area contributed by atoms with Crippen LogP contribution in [0.25, 0.3) is 0 Å². The van der Waals surface area contributed by atoms with E-state index < -0.39 is 0 Å². The van der Waals surface area contributed by atoms with Crippen molar-refractivity contribution in [2.24, 2.45) is 0 Å². The molecule has 0 aliphatic heterocycles. The van der Waals surface area contributed by atoms with Crippen LogP contribution in [0.4, 0.5) is 0 Å². The molecule has 0 saturated carbocycles. The molecule has 0 spiro atoms. The van der Waals surface area contributed by atoms with Crippen LogP contribution >= 0.6 is 11.8 Å². The van der Waals surface area contributed by atoms with Crippen LogP contribution in [0.2, 0.25) is 0 Å². The van der Waals surface area contributed by atoms with Crippen molar-refractivity contribution in [3.8, 4) is 11.8 Å². The third-order valence-electron chi connectivity index (χ3n) is 2.14. The molecule has 0 unspecified atom stereocenters. The van der Waals surface area contributed by atoms with E-state index in [-0.39, 0.29) is 0 Å². The summed E-state index contributed by atoms with van der Waals surface area (Å²) in [5.41, 5.74) is 1.35. The van der Waals surface area contributed by atoms with Gasteiger partial charge >= 0.3 is 0 Å². The van der Waals surface area contributed by atoms with Crippen molar-refractivity contribution in [2.75, 3.05) is 12.3 Å². The van der Waals surface area contributed by atoms with Crippen molar-refractivity contribution in [3.63, 3.8) is 0 Å². The molecule has 1 nitrogen and oxygen atoms in total. The molecule has 86 valence electrons. The first kappa shape index (κ1) is 13.2. The Morgan fingerprint density at radius 2 is 2.25 bits per heavy atom. The highest BCUT2D eigenvalue weighted by Gasteiger charge is 1.95. The normalized spacial score (nSPS) is 9.62. The van der Waals surface area contributed by atoms with Crippen LogP contribution < -0.4 is 5.32 Å². The highest BCUT2D eigenvalue weighted by Crippen LogP contribution is 2.18. The maximum absolute atomic E-state index is 3.41. The first-order valence-corrected chi connectivity index (χ1v) is 6.67. The highest BCUT2D eigenvalue weighted by molar-refractivity contribution is 7.99. The summed E-state index contributed by atoms with van der Waals surface area (Å²) < 4.78 is 0. The van der Waals surface area contributed by atoms with E-state index in [1.807, 2.05) is 6.92 Å². The number of hydrogen-bond acceptors (Lipinski definition) is 2. The molecule has 0 radical (unpaired) electrons. The van der Waals surface area contributed by atoms with Gasteiger partial charge in [0.15, 0.2) is 0 Å². The fourth-order valence-corrected chi connectivity index (χ4v) is 2.14. The summed E-state index contributed by atoms with van der Waals surface area (Å²) >= 11 is 1.80. The maximum Gasteiger partial charge on any atom is 0.0594 e. The third kappa shape index (κ3) is 5.25. The predicted octanol–water partition coefficient (Wildman–Crippen LogP) is 3.30. The Kier molecular flexibility index (Phi) is 6.80. The van der Waals surface area contributed by atoms with Crippen molar-refractivity contribution < 1.29 is 0 Å². The van der Waals surface area contributed by atoms with E-state index in [9.17, 15) is 0 Å². The summed E-state index contributed by atoms with van der Waals surface area (Å²) in [6.07, 6.45) is 1.18. The molecular weight excluding hydrogens is 214 g/mol. The Morgan fingerprint density at radius 3 is 3.00 bits per heavy atom. The molecule has 0 bridgehead atoms. The van der Waals surface area contributed by atoms with E-state index in [1.165, 1.54) is 16.9 Å². The lowest BCUT2D eigenvalue weighted by Gasteiger charge is -2.05. The van der Waals surface area contributed by atoms with Crippen LogP contribution in [-0.2, 0) is 6.54 Å². The molecule has 0 heterocycles. The lowest BCUT2D eigenvalue weighted by Crippen LogP contribution is -2.13. The minimum atomic E-state index is 0.877. The zero-order chi connectivity index (χ0) is 11.6. The molecule has 0 amide bonds. The van der Waals surface area contributed by atoms with Crippen molar-refractivity contribution in [2.45, 2.75) is 31.7 Å². The van der Waals surface area contributed by atoms with Crippen LogP contribution in [0.3, 0.4) is 0 Å². The Bertz CT molecular complexity index is 362. The fourth-order valence-electron chi connectivity index (χ4n) is 1.35. The summed E-state index contributed by atoms with van der Waals surface area (Å²) in [6, 6.07) is 8.67. The molecule has 0 saturated heterocycles. The largest absolute Gasteiger partial charge is 0.313 e. The van der Waals surface area contributed by atoms with Gasteiger partial charge in [-0.15, -0.1) is 17.7 Å². The summed E-state index contributed by atoms with van der Waals surface area (Å²) in [5.74, 6) is 6.85. The van der Waals surface area contributed by atoms with Crippen molar-refractivity contribution >= 4 is 11.8 Å². The quantitative estimate of drug-likeness (QED) is 0.459. The second-order valence-electron chi connectivity index (χ2n) is 3.54. The lowest BCUT2D eigenvalue weighted by molar-refractivity contribution is 0.674. The molecule has 0 aliphatic rings. The second-order valence-corrected chi connectivity index (χ2v) is 4.59. The average molecular weight is 233 g/mol. The smallest absolute Gasteiger partial charge is 0.0594 e. The third-order valence-corrected chi connectivity index (χ3v) is 3.02. The Balaban J connectivity index is 2.45. The van der Waals surface area contributed by atoms with Crippen LogP contribution in [0.5, 0.6) is 0 Å². The summed E-state index contributed by atoms with van der Waals surface area (Å²) in [5, 5.41) is 3.41. The summed E-state index contributed by atoms with van der Waals surface area (Å²) in [4.78, 5) is 1.30. The highest BCUT2D eigenvalue weighted by atomic mass is 32.2. The number of rotatable bonds is 6. The van der Waals surface area contributed by atoms with Crippen LogP contribution in [0, 0.1) is 11.8 Å². The molecule has 16 heavy (non-hydrogen) atoms. The molecule has 0 aromatic heterocycles. The number of thioether (sulfide) groups is 1. The van der Waals surface area contributed by atoms with Gasteiger partial charge in [-0.3, -0.25) is 0 Å². The topological polar surface area (TPSA) is 12.0 Å². The van der Waals surface area contributed by atoms with E-state index in [2.05, 4.69) is 48.3 Å². The fraction of sp³-hybridized carbons (Fsp3) is 0.429. The van der Waals surface area contributed by atoms with Crippen LogP contribution in [0.1, 0.15) is 25.8 Å². The zero-order valence-electron chi connectivity index (χ0n) is 10.0. The predicted molar refractivity (Wildman–Crippen MR) is 72.6 cm³/mol. The zero-order valence-corrected chi connectivity index (χ0v) is 10.9. The molecule has 1 N–H and O–H groups in total. The molecule has 1 aromatic rings. The number of nitrogens with one attached hydrogen (secondary N) is 1. The van der Waals surface area contributed by atoms with Gasteiger partial charge in [-0.1, -0.05) is 25.0 Å². The lowest BCUT2D eigenvalue weighted by atomic mass is 10.2. The van der Waals surface area contributed by atoms with Gasteiger partial charge in [0, 0.05) is 11.4 Å². The standard InChI is InChI=1S/C14H19NS/c1-3-5-10-16-14-8-6-7-13(11-14)12-15-9-4-2/h6-8,11,15H,4,9-10,12H2,1-2H3. The SMILES string of the molecule is CC#CCSc1cccc(CNCCC)c1. The van der Waals surface area contributed by atoms with Crippen molar-refractivity contribution in [3.05, 3.63) is 29.8 Å². The van der Waals surface area contributed by atoms with Gasteiger partial charge in [0.05, 0.1) is 5.75 Å². The number of hydrogen-bond donors (Lipinski definition) is 1. The number of benzene rings is 1. The maximum atomic E-state index is 3.41. The molecule has 1 aromatic carbocycles. The Hall–Kier alpha value is -0.910. The monoisotopic (exact) mass is 233 g/mol. The van der Waals surface area contributed by atoms with Crippen LogP contribution in [0.15, 0.2) is 29.2 Å². The molecule has 0 atom stereocenters. The van der Waals surface area contributed by atoms with Gasteiger partial charge in [0.1, 0.15) is 0 Å². The van der Waals surface area contributed by atoms with Crippen molar-refractivity contribution in [1.29, 1.82) is 0 Å². The minimum Gasteiger partial charge on any atom is -0.313 e. The van der Waals surface area contributed by atoms with Gasteiger partial charge < -0.3 is 5.32 Å². The first-order chi connectivity index (χ1) is 7.86. The molecular formula is C14H19NS. The molecule has 1 rings (SSSR count). The van der Waals surface area contributed by atoms with Gasteiger partial charge in [-0.05, 0) is 37.6 Å². The molecule has 2 heteroatoms. The Labute approximate surface area is 103 Å². The van der Waals surface area contributed by atoms with Gasteiger partial charge in [0.25, 0.3) is 0 Å². The van der Waals surface area contributed by atoms with Gasteiger partial charge in [-0.2, -0.15) is 0 Å². The minimum absolute atomic E-state index is 0.877. The Morgan fingerprint density at radius 1 is 1.38 bits per heavy atom. The van der Waals surface area contributed by atoms with E-state index in [0.717, 1.165) is 18.8 Å². The van der Waals surface area contributed by atoms with Gasteiger partial charge in [-0.25, -0.2) is 0 Å². The average Bonchev–Trinajstić information content (AvgIpc) is 2.30. The van der Waals surface area contributed by atoms with Gasteiger partial charge in [0.2, 0.25) is 0 Å². The van der Waals surface area contributed by atoms with E-state index in [1.54, 1.807) is 11.8 Å². The molecule has 0 aliphatic carbocycles. The first-order valence-electron chi connectivity index (χ1n) is 5.69.